The standard InChI is InChI=1S/C26H16N4O4S/c27-14-22-21(11-12-35-22)30-20-10-2-1-7-18(20)23(25(30)32)29-28-19-9-4-8-17(24(19)31)15-5-3-6-16(13-15)26(33)34/h1-13,31-32H,(H,33,34). The molecule has 2 heterocycles. The molecule has 0 saturated carbocycles. The molecule has 0 spiro atoms. The number of hydrogen-bond donors (Lipinski definition) is 3. The van der Waals surface area contributed by atoms with E-state index < -0.39 is 5.97 Å². The van der Waals surface area contributed by atoms with Gasteiger partial charge in [-0.3, -0.25) is 4.57 Å². The fraction of sp³-hybridized carbons (Fsp3) is 0. The van der Waals surface area contributed by atoms with E-state index in [-0.39, 0.29) is 28.6 Å². The molecule has 5 rings (SSSR count). The van der Waals surface area contributed by atoms with Crippen molar-refractivity contribution < 1.29 is 20.1 Å². The highest BCUT2D eigenvalue weighted by atomic mass is 32.1. The van der Waals surface area contributed by atoms with Crippen LogP contribution in [-0.2, 0) is 0 Å². The van der Waals surface area contributed by atoms with Crippen molar-refractivity contribution in [3.8, 4) is 34.5 Å². The highest BCUT2D eigenvalue weighted by molar-refractivity contribution is 7.10. The van der Waals surface area contributed by atoms with E-state index in [1.54, 1.807) is 64.5 Å². The number of azo groups is 1. The Balaban J connectivity index is 1.61. The molecule has 8 nitrogen and oxygen atoms in total. The summed E-state index contributed by atoms with van der Waals surface area (Å²) in [5.74, 6) is -1.43. The van der Waals surface area contributed by atoms with E-state index in [0.717, 1.165) is 0 Å². The second-order valence-corrected chi connectivity index (χ2v) is 8.45. The normalized spacial score (nSPS) is 11.2. The van der Waals surface area contributed by atoms with Crippen molar-refractivity contribution in [3.05, 3.63) is 88.6 Å². The predicted octanol–water partition coefficient (Wildman–Crippen LogP) is 6.76. The molecule has 3 N–H and O–H groups in total. The molecule has 2 aromatic heterocycles. The van der Waals surface area contributed by atoms with E-state index in [2.05, 4.69) is 16.3 Å². The topological polar surface area (TPSA) is 131 Å². The van der Waals surface area contributed by atoms with E-state index in [4.69, 9.17) is 0 Å². The first kappa shape index (κ1) is 21.9. The van der Waals surface area contributed by atoms with Gasteiger partial charge in [-0.05, 0) is 41.3 Å². The summed E-state index contributed by atoms with van der Waals surface area (Å²) in [6.45, 7) is 0. The Morgan fingerprint density at radius 3 is 2.57 bits per heavy atom. The van der Waals surface area contributed by atoms with Crippen LogP contribution in [0.3, 0.4) is 0 Å². The predicted molar refractivity (Wildman–Crippen MR) is 132 cm³/mol. The maximum atomic E-state index is 11.3. The maximum absolute atomic E-state index is 11.3. The quantitative estimate of drug-likeness (QED) is 0.239. The van der Waals surface area contributed by atoms with E-state index in [0.29, 0.717) is 32.6 Å². The minimum Gasteiger partial charge on any atom is -0.505 e. The van der Waals surface area contributed by atoms with Gasteiger partial charge in [-0.2, -0.15) is 5.26 Å². The number of carboxylic acid groups (broad SMARTS) is 1. The molecule has 0 fully saturated rings. The van der Waals surface area contributed by atoms with Crippen LogP contribution in [0.2, 0.25) is 0 Å². The monoisotopic (exact) mass is 480 g/mol. The zero-order chi connectivity index (χ0) is 24.5. The van der Waals surface area contributed by atoms with Crippen molar-refractivity contribution in [3.63, 3.8) is 0 Å². The van der Waals surface area contributed by atoms with Crippen LogP contribution in [0.1, 0.15) is 15.2 Å². The van der Waals surface area contributed by atoms with Crippen LogP contribution in [0, 0.1) is 11.3 Å². The zero-order valence-corrected chi connectivity index (χ0v) is 18.8. The van der Waals surface area contributed by atoms with Gasteiger partial charge in [0.05, 0.1) is 16.8 Å². The molecule has 0 bridgehead atoms. The van der Waals surface area contributed by atoms with Crippen LogP contribution in [0.5, 0.6) is 11.6 Å². The lowest BCUT2D eigenvalue weighted by Gasteiger charge is -2.07. The smallest absolute Gasteiger partial charge is 0.335 e. The van der Waals surface area contributed by atoms with E-state index in [1.807, 2.05) is 6.07 Å². The molecule has 0 unspecified atom stereocenters. The number of nitrogens with zero attached hydrogens (tertiary/aromatic N) is 4. The van der Waals surface area contributed by atoms with Gasteiger partial charge in [-0.1, -0.05) is 42.5 Å². The third-order valence-corrected chi connectivity index (χ3v) is 6.31. The summed E-state index contributed by atoms with van der Waals surface area (Å²) in [4.78, 5) is 11.8. The van der Waals surface area contributed by atoms with Gasteiger partial charge < -0.3 is 15.3 Å². The van der Waals surface area contributed by atoms with Gasteiger partial charge in [0.15, 0.2) is 11.4 Å². The van der Waals surface area contributed by atoms with E-state index >= 15 is 0 Å². The number of aromatic carboxylic acids is 1. The number of aromatic hydroxyl groups is 2. The van der Waals surface area contributed by atoms with E-state index in [1.165, 1.54) is 23.5 Å². The summed E-state index contributed by atoms with van der Waals surface area (Å²) in [5, 5.41) is 51.5. The highest BCUT2D eigenvalue weighted by Crippen LogP contribution is 2.44. The van der Waals surface area contributed by atoms with Crippen molar-refractivity contribution in [1.82, 2.24) is 4.57 Å². The Labute approximate surface area is 202 Å². The molecule has 35 heavy (non-hydrogen) atoms. The first-order valence-electron chi connectivity index (χ1n) is 10.4. The first-order chi connectivity index (χ1) is 17.0. The lowest BCUT2D eigenvalue weighted by Crippen LogP contribution is -1.95. The molecule has 0 aliphatic heterocycles. The second kappa shape index (κ2) is 8.78. The number of carboxylic acids is 1. The summed E-state index contributed by atoms with van der Waals surface area (Å²) < 4.78 is 1.55. The molecular weight excluding hydrogens is 464 g/mol. The summed E-state index contributed by atoms with van der Waals surface area (Å²) in [6, 6.07) is 22.2. The minimum atomic E-state index is -1.07. The Morgan fingerprint density at radius 2 is 1.77 bits per heavy atom. The van der Waals surface area contributed by atoms with Gasteiger partial charge in [0, 0.05) is 10.9 Å². The average molecular weight is 481 g/mol. The number of benzene rings is 3. The number of fused-ring (bicyclic) bond motifs is 1. The molecule has 0 radical (unpaired) electrons. The third-order valence-electron chi connectivity index (χ3n) is 5.50. The average Bonchev–Trinajstić information content (AvgIpc) is 3.44. The molecule has 0 aliphatic rings. The molecule has 0 aliphatic carbocycles. The number of para-hydroxylation sites is 2. The molecule has 9 heteroatoms. The number of rotatable bonds is 5. The van der Waals surface area contributed by atoms with Crippen molar-refractivity contribution in [1.29, 1.82) is 5.26 Å². The summed E-state index contributed by atoms with van der Waals surface area (Å²) >= 11 is 1.27. The van der Waals surface area contributed by atoms with Crippen LogP contribution in [-0.4, -0.2) is 25.9 Å². The zero-order valence-electron chi connectivity index (χ0n) is 18.0. The maximum Gasteiger partial charge on any atom is 0.335 e. The van der Waals surface area contributed by atoms with Gasteiger partial charge in [0.1, 0.15) is 16.6 Å². The molecular formula is C26H16N4O4S. The van der Waals surface area contributed by atoms with Gasteiger partial charge in [0.2, 0.25) is 5.88 Å². The molecule has 0 amide bonds. The number of nitriles is 1. The van der Waals surface area contributed by atoms with Crippen molar-refractivity contribution in [2.24, 2.45) is 10.2 Å². The minimum absolute atomic E-state index is 0.0943. The number of thiophene rings is 1. The van der Waals surface area contributed by atoms with Crippen LogP contribution < -0.4 is 0 Å². The summed E-state index contributed by atoms with van der Waals surface area (Å²) in [5.41, 5.74) is 2.53. The van der Waals surface area contributed by atoms with Crippen molar-refractivity contribution >= 4 is 39.6 Å². The fourth-order valence-corrected chi connectivity index (χ4v) is 4.55. The molecule has 0 atom stereocenters. The van der Waals surface area contributed by atoms with E-state index in [9.17, 15) is 25.4 Å². The Hall–Kier alpha value is -4.94. The lowest BCUT2D eigenvalue weighted by atomic mass is 10.0. The summed E-state index contributed by atoms with van der Waals surface area (Å²) in [6.07, 6.45) is 0. The number of hydrogen-bond acceptors (Lipinski definition) is 7. The molecule has 5 aromatic rings. The number of phenols is 1. The van der Waals surface area contributed by atoms with Gasteiger partial charge >= 0.3 is 5.97 Å². The van der Waals surface area contributed by atoms with Crippen molar-refractivity contribution in [2.45, 2.75) is 0 Å². The number of phenolic OH excluding ortho intramolecular Hbond substituents is 1. The Morgan fingerprint density at radius 1 is 0.971 bits per heavy atom. The van der Waals surface area contributed by atoms with Crippen LogP contribution >= 0.6 is 11.3 Å². The van der Waals surface area contributed by atoms with Gasteiger partial charge in [-0.25, -0.2) is 4.79 Å². The van der Waals surface area contributed by atoms with Gasteiger partial charge in [-0.15, -0.1) is 21.6 Å². The molecule has 3 aromatic carbocycles. The van der Waals surface area contributed by atoms with Crippen LogP contribution in [0.4, 0.5) is 11.4 Å². The third kappa shape index (κ3) is 3.78. The Bertz CT molecular complexity index is 1680. The van der Waals surface area contributed by atoms with Crippen molar-refractivity contribution in [2.75, 3.05) is 0 Å². The van der Waals surface area contributed by atoms with Crippen LogP contribution in [0.25, 0.3) is 27.7 Å². The molecule has 0 saturated heterocycles. The molecule has 170 valence electrons. The fourth-order valence-electron chi connectivity index (χ4n) is 3.88. The second-order valence-electron chi connectivity index (χ2n) is 7.53. The number of carbonyl (C=O) groups is 1. The number of aromatic nitrogens is 1. The first-order valence-corrected chi connectivity index (χ1v) is 11.3. The SMILES string of the molecule is N#Cc1sccc1-n1c(O)c(N=Nc2cccc(-c3cccc(C(=O)O)c3)c2O)c2ccccc21. The lowest BCUT2D eigenvalue weighted by molar-refractivity contribution is 0.0697. The largest absolute Gasteiger partial charge is 0.505 e. The highest BCUT2D eigenvalue weighted by Gasteiger charge is 2.20. The Kier molecular flexibility index (Phi) is 5.49. The van der Waals surface area contributed by atoms with Gasteiger partial charge in [0.25, 0.3) is 0 Å². The van der Waals surface area contributed by atoms with Crippen LogP contribution in [0.15, 0.2) is 88.4 Å². The summed E-state index contributed by atoms with van der Waals surface area (Å²) in [7, 11) is 0.